The van der Waals surface area contributed by atoms with Crippen molar-refractivity contribution in [2.75, 3.05) is 0 Å². The van der Waals surface area contributed by atoms with Gasteiger partial charge in [-0.25, -0.2) is 0 Å². The van der Waals surface area contributed by atoms with E-state index in [4.69, 9.17) is 0 Å². The van der Waals surface area contributed by atoms with E-state index < -0.39 is 0 Å². The van der Waals surface area contributed by atoms with Crippen LogP contribution in [0, 0.1) is 0 Å². The molecule has 2 aromatic rings. The summed E-state index contributed by atoms with van der Waals surface area (Å²) in [4.78, 5) is 0. The highest BCUT2D eigenvalue weighted by Crippen LogP contribution is 2.30. The number of rotatable bonds is 0. The minimum atomic E-state index is 0.121. The van der Waals surface area contributed by atoms with Gasteiger partial charge in [-0.2, -0.15) is 0 Å². The largest absolute Gasteiger partial charge is 0.507 e. The van der Waals surface area contributed by atoms with E-state index in [1.165, 1.54) is 5.56 Å². The number of aromatic hydroxyl groups is 1. The van der Waals surface area contributed by atoms with E-state index in [1.54, 1.807) is 6.07 Å². The summed E-state index contributed by atoms with van der Waals surface area (Å²) in [5.74, 6) is 0.360. The number of hydrogen-bond donors (Lipinski definition) is 1. The van der Waals surface area contributed by atoms with Gasteiger partial charge in [0, 0.05) is 5.39 Å². The zero-order valence-corrected chi connectivity index (χ0v) is 9.41. The lowest BCUT2D eigenvalue weighted by Gasteiger charge is -2.19. The molecule has 0 saturated carbocycles. The Balaban J connectivity index is 2.70. The van der Waals surface area contributed by atoms with Gasteiger partial charge in [-0.1, -0.05) is 45.0 Å². The molecule has 1 heteroatoms. The van der Waals surface area contributed by atoms with E-state index in [2.05, 4.69) is 39.0 Å². The van der Waals surface area contributed by atoms with Crippen molar-refractivity contribution in [3.63, 3.8) is 0 Å². The molecule has 0 bridgehead atoms. The Morgan fingerprint density at radius 2 is 1.73 bits per heavy atom. The summed E-state index contributed by atoms with van der Waals surface area (Å²) in [6, 6.07) is 11.9. The van der Waals surface area contributed by atoms with Crippen molar-refractivity contribution in [2.45, 2.75) is 26.2 Å². The van der Waals surface area contributed by atoms with Crippen molar-refractivity contribution in [1.82, 2.24) is 0 Å². The van der Waals surface area contributed by atoms with Crippen LogP contribution in [-0.2, 0) is 5.41 Å². The topological polar surface area (TPSA) is 20.2 Å². The maximum Gasteiger partial charge on any atom is 0.123 e. The second-order valence-corrected chi connectivity index (χ2v) is 4.96. The number of benzene rings is 2. The quantitative estimate of drug-likeness (QED) is 0.685. The average Bonchev–Trinajstić information content (AvgIpc) is 2.16. The van der Waals surface area contributed by atoms with Crippen LogP contribution < -0.4 is 0 Å². The third-order valence-corrected chi connectivity index (χ3v) is 2.73. The second-order valence-electron chi connectivity index (χ2n) is 4.96. The van der Waals surface area contributed by atoms with Gasteiger partial charge in [0.1, 0.15) is 5.75 Å². The molecule has 0 unspecified atom stereocenters. The molecule has 0 aromatic heterocycles. The summed E-state index contributed by atoms with van der Waals surface area (Å²) < 4.78 is 0. The third-order valence-electron chi connectivity index (χ3n) is 2.73. The van der Waals surface area contributed by atoms with Crippen LogP contribution in [0.25, 0.3) is 10.8 Å². The predicted molar refractivity (Wildman–Crippen MR) is 64.3 cm³/mol. The van der Waals surface area contributed by atoms with Crippen LogP contribution in [0.4, 0.5) is 0 Å². The first-order valence-electron chi connectivity index (χ1n) is 5.21. The van der Waals surface area contributed by atoms with Crippen LogP contribution in [0.5, 0.6) is 5.75 Å². The van der Waals surface area contributed by atoms with Gasteiger partial charge in [0.25, 0.3) is 0 Å². The molecule has 0 amide bonds. The summed E-state index contributed by atoms with van der Waals surface area (Å²) in [5.41, 5.74) is 1.37. The zero-order valence-electron chi connectivity index (χ0n) is 9.41. The van der Waals surface area contributed by atoms with Crippen molar-refractivity contribution in [3.05, 3.63) is 42.0 Å². The molecule has 0 spiro atoms. The van der Waals surface area contributed by atoms with Crippen molar-refractivity contribution in [1.29, 1.82) is 0 Å². The van der Waals surface area contributed by atoms with Crippen molar-refractivity contribution >= 4 is 10.8 Å². The highest BCUT2D eigenvalue weighted by molar-refractivity contribution is 5.88. The monoisotopic (exact) mass is 200 g/mol. The molecule has 1 nitrogen and oxygen atoms in total. The highest BCUT2D eigenvalue weighted by atomic mass is 16.3. The average molecular weight is 200 g/mol. The Bertz CT molecular complexity index is 492. The number of phenolic OH excluding ortho intramolecular Hbond substituents is 1. The molecule has 0 aliphatic carbocycles. The van der Waals surface area contributed by atoms with E-state index in [0.717, 1.165) is 10.8 Å². The third kappa shape index (κ3) is 1.82. The van der Waals surface area contributed by atoms with E-state index in [9.17, 15) is 5.11 Å². The van der Waals surface area contributed by atoms with Gasteiger partial charge in [0.05, 0.1) is 0 Å². The fraction of sp³-hybridized carbons (Fsp3) is 0.286. The molecule has 78 valence electrons. The van der Waals surface area contributed by atoms with Gasteiger partial charge in [-0.3, -0.25) is 0 Å². The maximum absolute atomic E-state index is 9.76. The van der Waals surface area contributed by atoms with Crippen LogP contribution in [0.1, 0.15) is 26.3 Å². The first-order valence-corrected chi connectivity index (χ1v) is 5.21. The normalized spacial score (nSPS) is 11.9. The fourth-order valence-electron chi connectivity index (χ4n) is 1.72. The minimum absolute atomic E-state index is 0.121. The number of fused-ring (bicyclic) bond motifs is 1. The van der Waals surface area contributed by atoms with Crippen LogP contribution in [0.3, 0.4) is 0 Å². The SMILES string of the molecule is CC(C)(C)c1ccc2cccc(O)c2c1. The van der Waals surface area contributed by atoms with E-state index in [1.807, 2.05) is 12.1 Å². The standard InChI is InChI=1S/C14H16O/c1-14(2,3)11-8-7-10-5-4-6-13(15)12(10)9-11/h4-9,15H,1-3H3. The van der Waals surface area contributed by atoms with Crippen LogP contribution in [0.2, 0.25) is 0 Å². The van der Waals surface area contributed by atoms with Crippen LogP contribution >= 0.6 is 0 Å². The zero-order chi connectivity index (χ0) is 11.1. The van der Waals surface area contributed by atoms with Crippen molar-refractivity contribution in [2.24, 2.45) is 0 Å². The fourth-order valence-corrected chi connectivity index (χ4v) is 1.72. The first kappa shape index (κ1) is 10.0. The van der Waals surface area contributed by atoms with Crippen molar-refractivity contribution in [3.8, 4) is 5.75 Å². The Labute approximate surface area is 90.4 Å². The number of hydrogen-bond acceptors (Lipinski definition) is 1. The summed E-state index contributed by atoms with van der Waals surface area (Å²) in [5, 5.41) is 11.8. The van der Waals surface area contributed by atoms with Gasteiger partial charge in [-0.05, 0) is 28.5 Å². The van der Waals surface area contributed by atoms with E-state index >= 15 is 0 Å². The molecular formula is C14H16O. The molecule has 2 aromatic carbocycles. The van der Waals surface area contributed by atoms with Gasteiger partial charge in [0.15, 0.2) is 0 Å². The smallest absolute Gasteiger partial charge is 0.123 e. The lowest BCUT2D eigenvalue weighted by atomic mass is 9.86. The molecule has 0 aliphatic heterocycles. The first-order chi connectivity index (χ1) is 6.98. The molecule has 0 radical (unpaired) electrons. The summed E-state index contributed by atoms with van der Waals surface area (Å²) in [7, 11) is 0. The lowest BCUT2D eigenvalue weighted by molar-refractivity contribution is 0.481. The second kappa shape index (κ2) is 3.27. The molecule has 15 heavy (non-hydrogen) atoms. The molecule has 0 saturated heterocycles. The molecule has 0 fully saturated rings. The van der Waals surface area contributed by atoms with Gasteiger partial charge in [0.2, 0.25) is 0 Å². The Hall–Kier alpha value is -1.50. The van der Waals surface area contributed by atoms with Crippen molar-refractivity contribution < 1.29 is 5.11 Å². The van der Waals surface area contributed by atoms with E-state index in [0.29, 0.717) is 5.75 Å². The Kier molecular flexibility index (Phi) is 2.18. The molecule has 0 aliphatic rings. The van der Waals surface area contributed by atoms with Gasteiger partial charge in [-0.15, -0.1) is 0 Å². The van der Waals surface area contributed by atoms with Gasteiger partial charge < -0.3 is 5.11 Å². The Morgan fingerprint density at radius 1 is 1.00 bits per heavy atom. The highest BCUT2D eigenvalue weighted by Gasteiger charge is 2.14. The minimum Gasteiger partial charge on any atom is -0.507 e. The molecular weight excluding hydrogens is 184 g/mol. The summed E-state index contributed by atoms with van der Waals surface area (Å²) in [6.07, 6.45) is 0. The van der Waals surface area contributed by atoms with Crippen LogP contribution in [-0.4, -0.2) is 5.11 Å². The molecule has 2 rings (SSSR count). The maximum atomic E-state index is 9.76. The number of phenols is 1. The summed E-state index contributed by atoms with van der Waals surface area (Å²) >= 11 is 0. The summed E-state index contributed by atoms with van der Waals surface area (Å²) in [6.45, 7) is 6.52. The van der Waals surface area contributed by atoms with Gasteiger partial charge >= 0.3 is 0 Å². The molecule has 0 atom stereocenters. The molecule has 1 N–H and O–H groups in total. The predicted octanol–water partition coefficient (Wildman–Crippen LogP) is 3.84. The Morgan fingerprint density at radius 3 is 2.40 bits per heavy atom. The molecule has 0 heterocycles. The lowest BCUT2D eigenvalue weighted by Crippen LogP contribution is -2.10. The van der Waals surface area contributed by atoms with Crippen LogP contribution in [0.15, 0.2) is 36.4 Å². The van der Waals surface area contributed by atoms with E-state index in [-0.39, 0.29) is 5.41 Å².